The third kappa shape index (κ3) is 2.71. The molecule has 0 aliphatic heterocycles. The topological polar surface area (TPSA) is 17.8 Å². The molecule has 0 aromatic carbocycles. The normalized spacial score (nSPS) is 11.2. The van der Waals surface area contributed by atoms with Crippen molar-refractivity contribution >= 4 is 27.5 Å². The second kappa shape index (κ2) is 5.01. The Labute approximate surface area is 92.4 Å². The summed E-state index contributed by atoms with van der Waals surface area (Å²) in [5.41, 5.74) is 1.25. The molecule has 0 unspecified atom stereocenters. The summed E-state index contributed by atoms with van der Waals surface area (Å²) in [5, 5.41) is 4.29. The van der Waals surface area contributed by atoms with Gasteiger partial charge in [0.2, 0.25) is 0 Å². The van der Waals surface area contributed by atoms with Crippen molar-refractivity contribution < 1.29 is 0 Å². The number of aromatic nitrogens is 2. The molecular formula is C9H14BrClN2. The van der Waals surface area contributed by atoms with Crippen LogP contribution >= 0.6 is 27.5 Å². The summed E-state index contributed by atoms with van der Waals surface area (Å²) in [6.45, 7) is 4.26. The van der Waals surface area contributed by atoms with Crippen LogP contribution in [0.4, 0.5) is 0 Å². The standard InChI is InChI=1S/C9H14BrClN2/c1-7(2)13-9(4-3-5-11)8(10)6-12-13/h6-7H,3-5H2,1-2H3. The maximum atomic E-state index is 5.66. The van der Waals surface area contributed by atoms with Crippen LogP contribution in [0.2, 0.25) is 0 Å². The van der Waals surface area contributed by atoms with Gasteiger partial charge in [0.25, 0.3) is 0 Å². The molecule has 0 amide bonds. The number of rotatable bonds is 4. The second-order valence-electron chi connectivity index (χ2n) is 3.27. The van der Waals surface area contributed by atoms with E-state index in [-0.39, 0.29) is 0 Å². The lowest BCUT2D eigenvalue weighted by Gasteiger charge is -2.10. The number of nitrogens with zero attached hydrogens (tertiary/aromatic N) is 2. The first-order valence-electron chi connectivity index (χ1n) is 4.44. The molecule has 0 aliphatic rings. The molecule has 0 spiro atoms. The predicted molar refractivity (Wildman–Crippen MR) is 59.4 cm³/mol. The monoisotopic (exact) mass is 264 g/mol. The molecule has 4 heteroatoms. The third-order valence-corrected chi connectivity index (χ3v) is 2.81. The predicted octanol–water partition coefficient (Wildman–Crippen LogP) is 3.40. The van der Waals surface area contributed by atoms with Crippen molar-refractivity contribution in [2.75, 3.05) is 5.88 Å². The Morgan fingerprint density at radius 3 is 2.85 bits per heavy atom. The zero-order valence-electron chi connectivity index (χ0n) is 7.93. The van der Waals surface area contributed by atoms with Crippen molar-refractivity contribution in [3.8, 4) is 0 Å². The van der Waals surface area contributed by atoms with Crippen LogP contribution in [-0.2, 0) is 6.42 Å². The molecule has 1 heterocycles. The minimum Gasteiger partial charge on any atom is -0.266 e. The van der Waals surface area contributed by atoms with Crippen LogP contribution in [0.5, 0.6) is 0 Å². The van der Waals surface area contributed by atoms with Crippen LogP contribution in [0, 0.1) is 0 Å². The highest BCUT2D eigenvalue weighted by Gasteiger charge is 2.09. The van der Waals surface area contributed by atoms with E-state index in [9.17, 15) is 0 Å². The van der Waals surface area contributed by atoms with E-state index in [2.05, 4.69) is 34.9 Å². The highest BCUT2D eigenvalue weighted by molar-refractivity contribution is 9.10. The van der Waals surface area contributed by atoms with E-state index in [4.69, 9.17) is 11.6 Å². The van der Waals surface area contributed by atoms with Crippen LogP contribution in [0.3, 0.4) is 0 Å². The van der Waals surface area contributed by atoms with Gasteiger partial charge in [-0.1, -0.05) is 0 Å². The van der Waals surface area contributed by atoms with E-state index in [1.165, 1.54) is 5.69 Å². The number of alkyl halides is 1. The SMILES string of the molecule is CC(C)n1ncc(Br)c1CCCCl. The van der Waals surface area contributed by atoms with Gasteiger partial charge in [0, 0.05) is 11.9 Å². The summed E-state index contributed by atoms with van der Waals surface area (Å²) in [7, 11) is 0. The molecule has 2 nitrogen and oxygen atoms in total. The zero-order chi connectivity index (χ0) is 9.84. The first-order valence-corrected chi connectivity index (χ1v) is 5.77. The van der Waals surface area contributed by atoms with Crippen LogP contribution < -0.4 is 0 Å². The average molecular weight is 266 g/mol. The van der Waals surface area contributed by atoms with Crippen molar-refractivity contribution in [2.24, 2.45) is 0 Å². The van der Waals surface area contributed by atoms with Gasteiger partial charge >= 0.3 is 0 Å². The van der Waals surface area contributed by atoms with Crippen molar-refractivity contribution in [2.45, 2.75) is 32.7 Å². The van der Waals surface area contributed by atoms with E-state index >= 15 is 0 Å². The van der Waals surface area contributed by atoms with Gasteiger partial charge < -0.3 is 0 Å². The quantitative estimate of drug-likeness (QED) is 0.763. The van der Waals surface area contributed by atoms with Crippen molar-refractivity contribution in [1.29, 1.82) is 0 Å². The Kier molecular flexibility index (Phi) is 4.26. The number of hydrogen-bond donors (Lipinski definition) is 0. The van der Waals surface area contributed by atoms with Gasteiger partial charge in [-0.05, 0) is 42.6 Å². The molecule has 0 saturated heterocycles. The molecule has 0 aliphatic carbocycles. The summed E-state index contributed by atoms with van der Waals surface area (Å²) in [4.78, 5) is 0. The van der Waals surface area contributed by atoms with E-state index in [0.717, 1.165) is 17.3 Å². The zero-order valence-corrected chi connectivity index (χ0v) is 10.3. The Balaban J connectivity index is 2.82. The smallest absolute Gasteiger partial charge is 0.0635 e. The van der Waals surface area contributed by atoms with Crippen LogP contribution in [0.15, 0.2) is 10.7 Å². The van der Waals surface area contributed by atoms with Crippen LogP contribution in [-0.4, -0.2) is 15.7 Å². The van der Waals surface area contributed by atoms with E-state index in [0.29, 0.717) is 11.9 Å². The van der Waals surface area contributed by atoms with Gasteiger partial charge in [0.15, 0.2) is 0 Å². The lowest BCUT2D eigenvalue weighted by atomic mass is 10.2. The molecule has 0 fully saturated rings. The summed E-state index contributed by atoms with van der Waals surface area (Å²) in [5.74, 6) is 0.704. The maximum Gasteiger partial charge on any atom is 0.0635 e. The Morgan fingerprint density at radius 1 is 1.62 bits per heavy atom. The van der Waals surface area contributed by atoms with E-state index in [1.807, 2.05) is 10.9 Å². The van der Waals surface area contributed by atoms with Gasteiger partial charge in [-0.2, -0.15) is 5.10 Å². The fourth-order valence-electron chi connectivity index (χ4n) is 1.28. The Hall–Kier alpha value is -0.0200. The first kappa shape index (κ1) is 11.1. The minimum atomic E-state index is 0.414. The van der Waals surface area contributed by atoms with Crippen LogP contribution in [0.1, 0.15) is 32.0 Å². The van der Waals surface area contributed by atoms with Crippen LogP contribution in [0.25, 0.3) is 0 Å². The molecule has 74 valence electrons. The molecule has 0 bridgehead atoms. The average Bonchev–Trinajstić information content (AvgIpc) is 2.43. The van der Waals surface area contributed by atoms with E-state index < -0.39 is 0 Å². The highest BCUT2D eigenvalue weighted by atomic mass is 79.9. The summed E-state index contributed by atoms with van der Waals surface area (Å²) in [6.07, 6.45) is 3.84. The largest absolute Gasteiger partial charge is 0.266 e. The van der Waals surface area contributed by atoms with Gasteiger partial charge in [0.1, 0.15) is 0 Å². The van der Waals surface area contributed by atoms with Crippen molar-refractivity contribution in [1.82, 2.24) is 9.78 Å². The lowest BCUT2D eigenvalue weighted by molar-refractivity contribution is 0.507. The Morgan fingerprint density at radius 2 is 2.31 bits per heavy atom. The Bertz CT molecular complexity index is 271. The minimum absolute atomic E-state index is 0.414. The van der Waals surface area contributed by atoms with E-state index in [1.54, 1.807) is 0 Å². The molecule has 1 aromatic rings. The van der Waals surface area contributed by atoms with Crippen molar-refractivity contribution in [3.05, 3.63) is 16.4 Å². The van der Waals surface area contributed by atoms with Gasteiger partial charge in [-0.3, -0.25) is 4.68 Å². The fourth-order valence-corrected chi connectivity index (χ4v) is 1.88. The van der Waals surface area contributed by atoms with Gasteiger partial charge in [0.05, 0.1) is 16.4 Å². The summed E-state index contributed by atoms with van der Waals surface area (Å²) in [6, 6.07) is 0.414. The molecule has 0 atom stereocenters. The first-order chi connectivity index (χ1) is 6.16. The second-order valence-corrected chi connectivity index (χ2v) is 4.50. The summed E-state index contributed by atoms with van der Waals surface area (Å²) >= 11 is 9.15. The molecule has 0 N–H and O–H groups in total. The van der Waals surface area contributed by atoms with Gasteiger partial charge in [-0.25, -0.2) is 0 Å². The highest BCUT2D eigenvalue weighted by Crippen LogP contribution is 2.20. The molecule has 13 heavy (non-hydrogen) atoms. The van der Waals surface area contributed by atoms with Crippen molar-refractivity contribution in [3.63, 3.8) is 0 Å². The number of halogens is 2. The lowest BCUT2D eigenvalue weighted by Crippen LogP contribution is -2.07. The maximum absolute atomic E-state index is 5.66. The summed E-state index contributed by atoms with van der Waals surface area (Å²) < 4.78 is 3.13. The fraction of sp³-hybridized carbons (Fsp3) is 0.667. The van der Waals surface area contributed by atoms with Gasteiger partial charge in [-0.15, -0.1) is 11.6 Å². The third-order valence-electron chi connectivity index (χ3n) is 1.88. The molecule has 0 saturated carbocycles. The number of hydrogen-bond acceptors (Lipinski definition) is 1. The molecule has 1 rings (SSSR count). The molecular weight excluding hydrogens is 251 g/mol. The molecule has 0 radical (unpaired) electrons. The molecule has 1 aromatic heterocycles.